The van der Waals surface area contributed by atoms with Crippen molar-refractivity contribution in [1.82, 2.24) is 0 Å². The third kappa shape index (κ3) is 3.22. The lowest BCUT2D eigenvalue weighted by Gasteiger charge is -2.05. The Hall–Kier alpha value is -1.29. The predicted octanol–water partition coefficient (Wildman–Crippen LogP) is 3.54. The molecule has 0 aromatic heterocycles. The summed E-state index contributed by atoms with van der Waals surface area (Å²) in [5.41, 5.74) is 4.13. The summed E-state index contributed by atoms with van der Waals surface area (Å²) in [5, 5.41) is 8.41. The summed E-state index contributed by atoms with van der Waals surface area (Å²) in [6.07, 6.45) is 3.93. The van der Waals surface area contributed by atoms with Gasteiger partial charge in [-0.25, -0.2) is 0 Å². The summed E-state index contributed by atoms with van der Waals surface area (Å²) in [7, 11) is 0. The van der Waals surface area contributed by atoms with Gasteiger partial charge in [0.25, 0.3) is 0 Å². The maximum Gasteiger partial charge on any atom is 0.0621 e. The molecule has 1 rings (SSSR count). The fourth-order valence-corrected chi connectivity index (χ4v) is 1.59. The predicted molar refractivity (Wildman–Crippen MR) is 59.1 cm³/mol. The van der Waals surface area contributed by atoms with Crippen molar-refractivity contribution in [3.63, 3.8) is 0 Å². The summed E-state index contributed by atoms with van der Waals surface area (Å²) in [6, 6.07) is 8.75. The molecule has 1 heteroatoms. The van der Waals surface area contributed by atoms with Crippen LogP contribution >= 0.6 is 0 Å². The fraction of sp³-hybridized carbons (Fsp3) is 0.462. The first-order chi connectivity index (χ1) is 6.74. The maximum absolute atomic E-state index is 8.41. The first kappa shape index (κ1) is 10.8. The van der Waals surface area contributed by atoms with E-state index in [0.29, 0.717) is 6.42 Å². The van der Waals surface area contributed by atoms with E-state index in [-0.39, 0.29) is 0 Å². The smallest absolute Gasteiger partial charge is 0.0621 e. The fourth-order valence-electron chi connectivity index (χ4n) is 1.59. The van der Waals surface area contributed by atoms with Crippen LogP contribution in [0.1, 0.15) is 36.0 Å². The summed E-state index contributed by atoms with van der Waals surface area (Å²) in [5.74, 6) is 0. The zero-order chi connectivity index (χ0) is 10.4. The second kappa shape index (κ2) is 5.44. The molecule has 1 aromatic carbocycles. The summed E-state index contributed by atoms with van der Waals surface area (Å²) < 4.78 is 0. The monoisotopic (exact) mass is 187 g/mol. The minimum absolute atomic E-state index is 0.685. The first-order valence-corrected chi connectivity index (χ1v) is 5.17. The second-order valence-electron chi connectivity index (χ2n) is 3.80. The molecular formula is C13H17N. The van der Waals surface area contributed by atoms with E-state index >= 15 is 0 Å². The summed E-state index contributed by atoms with van der Waals surface area (Å²) in [4.78, 5) is 0. The van der Waals surface area contributed by atoms with E-state index in [1.165, 1.54) is 16.7 Å². The zero-order valence-electron chi connectivity index (χ0n) is 9.01. The molecule has 0 atom stereocenters. The molecule has 0 radical (unpaired) electrons. The second-order valence-corrected chi connectivity index (χ2v) is 3.80. The van der Waals surface area contributed by atoms with Crippen LogP contribution in [0.2, 0.25) is 0 Å². The third-order valence-electron chi connectivity index (χ3n) is 2.49. The van der Waals surface area contributed by atoms with E-state index in [2.05, 4.69) is 38.1 Å². The van der Waals surface area contributed by atoms with Gasteiger partial charge in [0.1, 0.15) is 0 Å². The standard InChI is InChI=1S/C13H17N/c1-11-7-8-12(2)13(10-11)6-4-3-5-9-14/h7-8,10H,3-6H2,1-2H3. The van der Waals surface area contributed by atoms with Crippen LogP contribution in [-0.4, -0.2) is 0 Å². The van der Waals surface area contributed by atoms with Gasteiger partial charge in [0.05, 0.1) is 6.07 Å². The van der Waals surface area contributed by atoms with Crippen molar-refractivity contribution < 1.29 is 0 Å². The van der Waals surface area contributed by atoms with E-state index in [1.54, 1.807) is 0 Å². The molecule has 0 saturated carbocycles. The third-order valence-corrected chi connectivity index (χ3v) is 2.49. The number of unbranched alkanes of at least 4 members (excludes halogenated alkanes) is 2. The Morgan fingerprint density at radius 2 is 2.00 bits per heavy atom. The molecule has 0 amide bonds. The molecule has 0 saturated heterocycles. The Labute approximate surface area is 86.4 Å². The van der Waals surface area contributed by atoms with Crippen molar-refractivity contribution >= 4 is 0 Å². The molecule has 0 heterocycles. The molecule has 0 aliphatic rings. The van der Waals surface area contributed by atoms with Crippen LogP contribution in [0.3, 0.4) is 0 Å². The van der Waals surface area contributed by atoms with Crippen molar-refractivity contribution in [1.29, 1.82) is 5.26 Å². The summed E-state index contributed by atoms with van der Waals surface area (Å²) >= 11 is 0. The Morgan fingerprint density at radius 1 is 1.21 bits per heavy atom. The van der Waals surface area contributed by atoms with Crippen LogP contribution in [0.15, 0.2) is 18.2 Å². The van der Waals surface area contributed by atoms with E-state index in [4.69, 9.17) is 5.26 Å². The van der Waals surface area contributed by atoms with E-state index in [0.717, 1.165) is 19.3 Å². The Morgan fingerprint density at radius 3 is 2.71 bits per heavy atom. The molecule has 0 aliphatic heterocycles. The van der Waals surface area contributed by atoms with Gasteiger partial charge in [0.15, 0.2) is 0 Å². The van der Waals surface area contributed by atoms with Gasteiger partial charge < -0.3 is 0 Å². The Bertz CT molecular complexity index is 334. The average molecular weight is 187 g/mol. The number of nitriles is 1. The molecule has 0 spiro atoms. The number of hydrogen-bond acceptors (Lipinski definition) is 1. The lowest BCUT2D eigenvalue weighted by Crippen LogP contribution is -1.90. The van der Waals surface area contributed by atoms with Gasteiger partial charge in [-0.3, -0.25) is 0 Å². The van der Waals surface area contributed by atoms with Crippen molar-refractivity contribution in [3.05, 3.63) is 34.9 Å². The van der Waals surface area contributed by atoms with Gasteiger partial charge in [-0.05, 0) is 44.2 Å². The SMILES string of the molecule is Cc1ccc(C)c(CCCCC#N)c1. The van der Waals surface area contributed by atoms with Gasteiger partial charge in [0.2, 0.25) is 0 Å². The highest BCUT2D eigenvalue weighted by atomic mass is 14.2. The molecule has 0 aliphatic carbocycles. The maximum atomic E-state index is 8.41. The van der Waals surface area contributed by atoms with Crippen LogP contribution in [0.4, 0.5) is 0 Å². The number of rotatable bonds is 4. The Kier molecular flexibility index (Phi) is 4.19. The minimum Gasteiger partial charge on any atom is -0.198 e. The molecule has 0 fully saturated rings. The minimum atomic E-state index is 0.685. The van der Waals surface area contributed by atoms with Crippen LogP contribution in [0, 0.1) is 25.2 Å². The lowest BCUT2D eigenvalue weighted by molar-refractivity contribution is 0.749. The lowest BCUT2D eigenvalue weighted by atomic mass is 10.0. The van der Waals surface area contributed by atoms with Gasteiger partial charge >= 0.3 is 0 Å². The molecule has 14 heavy (non-hydrogen) atoms. The molecule has 0 N–H and O–H groups in total. The molecule has 1 nitrogen and oxygen atoms in total. The quantitative estimate of drug-likeness (QED) is 0.661. The largest absolute Gasteiger partial charge is 0.198 e. The number of hydrogen-bond donors (Lipinski definition) is 0. The molecule has 0 bridgehead atoms. The molecule has 74 valence electrons. The van der Waals surface area contributed by atoms with Crippen LogP contribution in [0.5, 0.6) is 0 Å². The molecular weight excluding hydrogens is 170 g/mol. The van der Waals surface area contributed by atoms with Gasteiger partial charge in [0, 0.05) is 6.42 Å². The first-order valence-electron chi connectivity index (χ1n) is 5.17. The van der Waals surface area contributed by atoms with E-state index in [1.807, 2.05) is 0 Å². The van der Waals surface area contributed by atoms with Crippen LogP contribution < -0.4 is 0 Å². The van der Waals surface area contributed by atoms with Crippen LogP contribution in [-0.2, 0) is 6.42 Å². The van der Waals surface area contributed by atoms with Gasteiger partial charge in [-0.2, -0.15) is 5.26 Å². The van der Waals surface area contributed by atoms with Crippen molar-refractivity contribution in [2.75, 3.05) is 0 Å². The number of nitrogens with zero attached hydrogens (tertiary/aromatic N) is 1. The molecule has 0 unspecified atom stereocenters. The van der Waals surface area contributed by atoms with Crippen molar-refractivity contribution in [2.24, 2.45) is 0 Å². The highest BCUT2D eigenvalue weighted by Crippen LogP contribution is 2.13. The highest BCUT2D eigenvalue weighted by molar-refractivity contribution is 5.30. The normalized spacial score (nSPS) is 9.79. The highest BCUT2D eigenvalue weighted by Gasteiger charge is 1.98. The number of aryl methyl sites for hydroxylation is 3. The van der Waals surface area contributed by atoms with Gasteiger partial charge in [-0.1, -0.05) is 23.8 Å². The topological polar surface area (TPSA) is 23.8 Å². The average Bonchev–Trinajstić information content (AvgIpc) is 2.18. The Balaban J connectivity index is 2.50. The van der Waals surface area contributed by atoms with E-state index in [9.17, 15) is 0 Å². The van der Waals surface area contributed by atoms with Gasteiger partial charge in [-0.15, -0.1) is 0 Å². The molecule has 1 aromatic rings. The van der Waals surface area contributed by atoms with Crippen molar-refractivity contribution in [2.45, 2.75) is 39.5 Å². The van der Waals surface area contributed by atoms with E-state index < -0.39 is 0 Å². The number of benzene rings is 1. The zero-order valence-corrected chi connectivity index (χ0v) is 9.01. The van der Waals surface area contributed by atoms with Crippen LogP contribution in [0.25, 0.3) is 0 Å². The van der Waals surface area contributed by atoms with Crippen molar-refractivity contribution in [3.8, 4) is 6.07 Å². The summed E-state index contributed by atoms with van der Waals surface area (Å²) in [6.45, 7) is 4.28.